The molecule has 5 nitrogen and oxygen atoms in total. The lowest BCUT2D eigenvalue weighted by atomic mass is 9.51. The van der Waals surface area contributed by atoms with E-state index in [0.29, 0.717) is 6.42 Å². The Bertz CT molecular complexity index is 716. The summed E-state index contributed by atoms with van der Waals surface area (Å²) in [5, 5.41) is 30.7. The molecule has 1 saturated heterocycles. The van der Waals surface area contributed by atoms with Gasteiger partial charge in [-0.3, -0.25) is 9.69 Å². The first kappa shape index (κ1) is 15.7. The third-order valence-corrected chi connectivity index (χ3v) is 6.36. The van der Waals surface area contributed by atoms with Crippen LogP contribution in [0.3, 0.4) is 0 Å². The Morgan fingerprint density at radius 1 is 1.38 bits per heavy atom. The molecule has 4 unspecified atom stereocenters. The Labute approximate surface area is 141 Å². The van der Waals surface area contributed by atoms with Crippen molar-refractivity contribution < 1.29 is 20.1 Å². The van der Waals surface area contributed by atoms with E-state index in [0.717, 1.165) is 37.1 Å². The van der Waals surface area contributed by atoms with Gasteiger partial charge in [-0.1, -0.05) is 12.1 Å². The second-order valence-electron chi connectivity index (χ2n) is 7.43. The van der Waals surface area contributed by atoms with Crippen LogP contribution in [0, 0.1) is 5.92 Å². The minimum absolute atomic E-state index is 0.0858. The molecule has 3 N–H and O–H groups in total. The maximum atomic E-state index is 12.3. The summed E-state index contributed by atoms with van der Waals surface area (Å²) >= 11 is 0. The second-order valence-corrected chi connectivity index (χ2v) is 7.43. The summed E-state index contributed by atoms with van der Waals surface area (Å²) in [7, 11) is 0. The summed E-state index contributed by atoms with van der Waals surface area (Å²) in [6.07, 6.45) is 3.12. The van der Waals surface area contributed by atoms with E-state index in [1.54, 1.807) is 0 Å². The highest BCUT2D eigenvalue weighted by Gasteiger charge is 2.58. The molecular weight excluding hydrogens is 306 g/mol. The summed E-state index contributed by atoms with van der Waals surface area (Å²) in [5.74, 6) is -0.276. The molecule has 4 rings (SSSR count). The predicted octanol–water partition coefficient (Wildman–Crippen LogP) is 1.49. The van der Waals surface area contributed by atoms with E-state index in [4.69, 9.17) is 0 Å². The van der Waals surface area contributed by atoms with E-state index in [9.17, 15) is 20.1 Å². The number of carbonyl (C=O) groups is 1. The van der Waals surface area contributed by atoms with Crippen molar-refractivity contribution in [3.63, 3.8) is 0 Å². The van der Waals surface area contributed by atoms with E-state index in [1.165, 1.54) is 6.07 Å². The molecule has 24 heavy (non-hydrogen) atoms. The normalized spacial score (nSPS) is 35.2. The molecule has 5 heteroatoms. The van der Waals surface area contributed by atoms with E-state index in [2.05, 4.69) is 11.5 Å². The largest absolute Gasteiger partial charge is 0.504 e. The average Bonchev–Trinajstić information content (AvgIpc) is 2.54. The van der Waals surface area contributed by atoms with Crippen molar-refractivity contribution in [1.29, 1.82) is 0 Å². The van der Waals surface area contributed by atoms with Gasteiger partial charge in [-0.15, -0.1) is 6.58 Å². The number of aliphatic hydroxyl groups is 1. The summed E-state index contributed by atoms with van der Waals surface area (Å²) in [4.78, 5) is 14.7. The SMILES string of the molecule is C=CCN1CCC23CC(=O)C(O)CC2C1Cc1ccc(O)c(O)c13. The molecule has 1 aromatic rings. The molecule has 2 fully saturated rings. The van der Waals surface area contributed by atoms with Crippen LogP contribution >= 0.6 is 0 Å². The first-order valence-electron chi connectivity index (χ1n) is 8.58. The number of aliphatic hydroxyl groups excluding tert-OH is 1. The minimum Gasteiger partial charge on any atom is -0.504 e. The van der Waals surface area contributed by atoms with Gasteiger partial charge in [0.2, 0.25) is 0 Å². The first-order valence-corrected chi connectivity index (χ1v) is 8.58. The number of rotatable bonds is 2. The van der Waals surface area contributed by atoms with E-state index < -0.39 is 11.5 Å². The van der Waals surface area contributed by atoms with Gasteiger partial charge < -0.3 is 15.3 Å². The van der Waals surface area contributed by atoms with Crippen molar-refractivity contribution in [3.8, 4) is 11.5 Å². The van der Waals surface area contributed by atoms with Crippen LogP contribution in [0.1, 0.15) is 30.4 Å². The molecule has 2 bridgehead atoms. The highest BCUT2D eigenvalue weighted by Crippen LogP contribution is 2.58. The number of benzene rings is 1. The number of ketones is 1. The molecule has 4 atom stereocenters. The van der Waals surface area contributed by atoms with Crippen molar-refractivity contribution in [2.75, 3.05) is 13.1 Å². The van der Waals surface area contributed by atoms with Crippen molar-refractivity contribution in [1.82, 2.24) is 4.90 Å². The highest BCUT2D eigenvalue weighted by molar-refractivity contribution is 5.86. The van der Waals surface area contributed by atoms with Gasteiger partial charge in [-0.05, 0) is 43.4 Å². The van der Waals surface area contributed by atoms with Crippen molar-refractivity contribution >= 4 is 5.78 Å². The third kappa shape index (κ3) is 1.98. The van der Waals surface area contributed by atoms with Crippen LogP contribution in [0.15, 0.2) is 24.8 Å². The molecule has 0 radical (unpaired) electrons. The zero-order valence-corrected chi connectivity index (χ0v) is 13.6. The number of aromatic hydroxyl groups is 2. The number of hydrogen-bond donors (Lipinski definition) is 3. The van der Waals surface area contributed by atoms with Crippen LogP contribution in [0.2, 0.25) is 0 Å². The van der Waals surface area contributed by atoms with Gasteiger partial charge in [-0.25, -0.2) is 0 Å². The monoisotopic (exact) mass is 329 g/mol. The number of Topliss-reactive ketones (excluding diaryl/α,β-unsaturated/α-hetero) is 1. The predicted molar refractivity (Wildman–Crippen MR) is 89.1 cm³/mol. The molecule has 3 aliphatic rings. The zero-order valence-electron chi connectivity index (χ0n) is 13.6. The van der Waals surface area contributed by atoms with Crippen LogP contribution in [-0.4, -0.2) is 51.2 Å². The molecule has 0 spiro atoms. The first-order chi connectivity index (χ1) is 11.5. The van der Waals surface area contributed by atoms with Gasteiger partial charge in [0.05, 0.1) is 0 Å². The second kappa shape index (κ2) is 5.33. The molecule has 128 valence electrons. The number of carbonyl (C=O) groups excluding carboxylic acids is 1. The van der Waals surface area contributed by atoms with Crippen molar-refractivity contribution in [2.24, 2.45) is 5.92 Å². The Morgan fingerprint density at radius 2 is 2.17 bits per heavy atom. The Morgan fingerprint density at radius 3 is 2.92 bits per heavy atom. The van der Waals surface area contributed by atoms with Crippen LogP contribution < -0.4 is 0 Å². The van der Waals surface area contributed by atoms with Gasteiger partial charge in [0.25, 0.3) is 0 Å². The quantitative estimate of drug-likeness (QED) is 0.566. The zero-order chi connectivity index (χ0) is 17.1. The lowest BCUT2D eigenvalue weighted by Crippen LogP contribution is -2.63. The van der Waals surface area contributed by atoms with Crippen LogP contribution in [0.4, 0.5) is 0 Å². The van der Waals surface area contributed by atoms with Gasteiger partial charge in [0, 0.05) is 30.0 Å². The lowest BCUT2D eigenvalue weighted by Gasteiger charge is -2.59. The smallest absolute Gasteiger partial charge is 0.162 e. The Kier molecular flexibility index (Phi) is 3.48. The van der Waals surface area contributed by atoms with Gasteiger partial charge in [0.1, 0.15) is 6.10 Å². The van der Waals surface area contributed by atoms with E-state index in [-0.39, 0.29) is 35.7 Å². The third-order valence-electron chi connectivity index (χ3n) is 6.36. The number of phenolic OH excluding ortho intramolecular Hbond substituents is 2. The number of likely N-dealkylation sites (tertiary alicyclic amines) is 1. The molecule has 1 aliphatic heterocycles. The minimum atomic E-state index is -0.921. The van der Waals surface area contributed by atoms with E-state index in [1.807, 2.05) is 12.1 Å². The molecule has 0 aromatic heterocycles. The number of piperidine rings is 1. The van der Waals surface area contributed by atoms with Crippen molar-refractivity contribution in [2.45, 2.75) is 43.2 Å². The molecule has 1 saturated carbocycles. The summed E-state index contributed by atoms with van der Waals surface area (Å²) in [6, 6.07) is 3.61. The number of fused-ring (bicyclic) bond motifs is 1. The Hall–Kier alpha value is -1.85. The van der Waals surface area contributed by atoms with Crippen LogP contribution in [-0.2, 0) is 16.6 Å². The van der Waals surface area contributed by atoms with Crippen LogP contribution in [0.25, 0.3) is 0 Å². The summed E-state index contributed by atoms with van der Waals surface area (Å²) in [6.45, 7) is 5.44. The maximum absolute atomic E-state index is 12.3. The van der Waals surface area contributed by atoms with Crippen molar-refractivity contribution in [3.05, 3.63) is 35.9 Å². The number of phenols is 2. The average molecular weight is 329 g/mol. The summed E-state index contributed by atoms with van der Waals surface area (Å²) < 4.78 is 0. The topological polar surface area (TPSA) is 81.0 Å². The van der Waals surface area contributed by atoms with Gasteiger partial charge in [-0.2, -0.15) is 0 Å². The highest BCUT2D eigenvalue weighted by atomic mass is 16.3. The Balaban J connectivity index is 1.90. The molecular formula is C19H23NO4. The lowest BCUT2D eigenvalue weighted by molar-refractivity contribution is -0.139. The summed E-state index contributed by atoms with van der Waals surface area (Å²) in [5.41, 5.74) is 1.27. The van der Waals surface area contributed by atoms with Crippen LogP contribution in [0.5, 0.6) is 11.5 Å². The molecule has 1 heterocycles. The molecule has 2 aliphatic carbocycles. The van der Waals surface area contributed by atoms with Gasteiger partial charge in [0.15, 0.2) is 17.3 Å². The number of hydrogen-bond acceptors (Lipinski definition) is 5. The fourth-order valence-corrected chi connectivity index (χ4v) is 5.36. The van der Waals surface area contributed by atoms with Gasteiger partial charge >= 0.3 is 0 Å². The fraction of sp³-hybridized carbons (Fsp3) is 0.526. The molecule has 1 aromatic carbocycles. The van der Waals surface area contributed by atoms with E-state index >= 15 is 0 Å². The maximum Gasteiger partial charge on any atom is 0.162 e. The molecule has 0 amide bonds. The fourth-order valence-electron chi connectivity index (χ4n) is 5.36. The number of nitrogens with zero attached hydrogens (tertiary/aromatic N) is 1. The standard InChI is InChI=1S/C19H23NO4/c1-2-6-20-7-5-19-10-16(23)15(22)9-12(19)13(20)8-11-3-4-14(21)18(24)17(11)19/h2-4,12-13,15,21-22,24H,1,5-10H2.